The topological polar surface area (TPSA) is 41.3 Å². The lowest BCUT2D eigenvalue weighted by molar-refractivity contribution is -0.104. The Morgan fingerprint density at radius 3 is 2.67 bits per heavy atom. The van der Waals surface area contributed by atoms with Gasteiger partial charge in [-0.1, -0.05) is 6.92 Å². The molecule has 0 aromatic carbocycles. The maximum absolute atomic E-state index is 9.88. The molecule has 1 aliphatic rings. The van der Waals surface area contributed by atoms with E-state index in [0.717, 1.165) is 31.7 Å². The van der Waals surface area contributed by atoms with Crippen LogP contribution in [0, 0.1) is 6.92 Å². The van der Waals surface area contributed by atoms with Crippen LogP contribution in [0.25, 0.3) is 0 Å². The molecule has 4 heteroatoms. The van der Waals surface area contributed by atoms with Crippen molar-refractivity contribution in [2.24, 2.45) is 7.05 Å². The highest BCUT2D eigenvalue weighted by molar-refractivity contribution is 5.10. The molecule has 1 saturated heterocycles. The normalized spacial score (nSPS) is 20.3. The number of rotatable bonds is 3. The lowest BCUT2D eigenvalue weighted by Gasteiger charge is -2.46. The largest absolute Gasteiger partial charge is 0.387 e. The summed E-state index contributed by atoms with van der Waals surface area (Å²) in [5.41, 5.74) is 1.83. The molecule has 2 heterocycles. The van der Waals surface area contributed by atoms with Gasteiger partial charge in [-0.15, -0.1) is 0 Å². The third kappa shape index (κ3) is 2.06. The van der Waals surface area contributed by atoms with Crippen LogP contribution in [-0.4, -0.2) is 38.5 Å². The Morgan fingerprint density at radius 2 is 2.20 bits per heavy atom. The van der Waals surface area contributed by atoms with E-state index < -0.39 is 5.60 Å². The monoisotopic (exact) mass is 209 g/mol. The summed E-state index contributed by atoms with van der Waals surface area (Å²) in [7, 11) is 1.97. The van der Waals surface area contributed by atoms with Crippen LogP contribution in [0.15, 0.2) is 6.07 Å². The van der Waals surface area contributed by atoms with Crippen LogP contribution in [0.3, 0.4) is 0 Å². The van der Waals surface area contributed by atoms with Gasteiger partial charge in [-0.3, -0.25) is 9.58 Å². The van der Waals surface area contributed by atoms with Crippen LogP contribution in [0.1, 0.15) is 24.7 Å². The highest BCUT2D eigenvalue weighted by Crippen LogP contribution is 2.25. The molecular weight excluding hydrogens is 190 g/mol. The van der Waals surface area contributed by atoms with E-state index in [4.69, 9.17) is 0 Å². The minimum Gasteiger partial charge on any atom is -0.387 e. The van der Waals surface area contributed by atoms with E-state index in [-0.39, 0.29) is 0 Å². The molecule has 1 aromatic heterocycles. The van der Waals surface area contributed by atoms with E-state index in [1.807, 2.05) is 25.6 Å². The van der Waals surface area contributed by atoms with Crippen LogP contribution in [-0.2, 0) is 13.6 Å². The zero-order valence-corrected chi connectivity index (χ0v) is 9.69. The summed E-state index contributed by atoms with van der Waals surface area (Å²) in [5, 5.41) is 14.2. The fraction of sp³-hybridized carbons (Fsp3) is 0.727. The van der Waals surface area contributed by atoms with E-state index in [9.17, 15) is 5.11 Å². The molecule has 84 valence electrons. The lowest BCUT2D eigenvalue weighted by Crippen LogP contribution is -2.60. The Morgan fingerprint density at radius 1 is 1.53 bits per heavy atom. The third-order valence-electron chi connectivity index (χ3n) is 3.18. The Balaban J connectivity index is 1.92. The average molecular weight is 209 g/mol. The summed E-state index contributed by atoms with van der Waals surface area (Å²) in [5.74, 6) is 0. The standard InChI is InChI=1S/C11H19N3O/c1-4-11(15)7-14(8-11)6-10-5-9(2)12-13(10)3/h5,15H,4,6-8H2,1-3H3. The summed E-state index contributed by atoms with van der Waals surface area (Å²) < 4.78 is 1.92. The van der Waals surface area contributed by atoms with Crippen LogP contribution in [0.4, 0.5) is 0 Å². The van der Waals surface area contributed by atoms with Crippen LogP contribution in [0.2, 0.25) is 0 Å². The predicted octanol–water partition coefficient (Wildman–Crippen LogP) is 0.685. The minimum atomic E-state index is -0.437. The second-order valence-electron chi connectivity index (χ2n) is 4.62. The van der Waals surface area contributed by atoms with Gasteiger partial charge in [0.2, 0.25) is 0 Å². The molecule has 0 bridgehead atoms. The quantitative estimate of drug-likeness (QED) is 0.796. The third-order valence-corrected chi connectivity index (χ3v) is 3.18. The van der Waals surface area contributed by atoms with Crippen molar-refractivity contribution < 1.29 is 5.11 Å². The molecule has 1 fully saturated rings. The van der Waals surface area contributed by atoms with Gasteiger partial charge in [-0.25, -0.2) is 0 Å². The second kappa shape index (κ2) is 3.61. The number of aliphatic hydroxyl groups is 1. The van der Waals surface area contributed by atoms with Crippen molar-refractivity contribution in [1.82, 2.24) is 14.7 Å². The highest BCUT2D eigenvalue weighted by atomic mass is 16.3. The van der Waals surface area contributed by atoms with Crippen molar-refractivity contribution in [3.8, 4) is 0 Å². The van der Waals surface area contributed by atoms with Gasteiger partial charge in [0.1, 0.15) is 0 Å². The van der Waals surface area contributed by atoms with Gasteiger partial charge >= 0.3 is 0 Å². The van der Waals surface area contributed by atoms with Crippen molar-refractivity contribution in [2.75, 3.05) is 13.1 Å². The van der Waals surface area contributed by atoms with Crippen LogP contribution >= 0.6 is 0 Å². The van der Waals surface area contributed by atoms with Gasteiger partial charge in [0.25, 0.3) is 0 Å². The number of likely N-dealkylation sites (tertiary alicyclic amines) is 1. The lowest BCUT2D eigenvalue weighted by atomic mass is 9.91. The maximum Gasteiger partial charge on any atom is 0.0897 e. The van der Waals surface area contributed by atoms with Gasteiger partial charge < -0.3 is 5.11 Å². The van der Waals surface area contributed by atoms with Gasteiger partial charge in [-0.2, -0.15) is 5.10 Å². The van der Waals surface area contributed by atoms with Gasteiger partial charge in [0.05, 0.1) is 17.0 Å². The molecule has 15 heavy (non-hydrogen) atoms. The summed E-state index contributed by atoms with van der Waals surface area (Å²) in [6.45, 7) is 6.49. The number of aromatic nitrogens is 2. The number of hydrogen-bond donors (Lipinski definition) is 1. The maximum atomic E-state index is 9.88. The fourth-order valence-electron chi connectivity index (χ4n) is 2.16. The van der Waals surface area contributed by atoms with Gasteiger partial charge in [0.15, 0.2) is 0 Å². The van der Waals surface area contributed by atoms with Crippen molar-refractivity contribution in [3.05, 3.63) is 17.5 Å². The van der Waals surface area contributed by atoms with Crippen molar-refractivity contribution in [2.45, 2.75) is 32.4 Å². The molecule has 4 nitrogen and oxygen atoms in total. The van der Waals surface area contributed by atoms with Crippen molar-refractivity contribution in [1.29, 1.82) is 0 Å². The minimum absolute atomic E-state index is 0.437. The number of nitrogens with zero attached hydrogens (tertiary/aromatic N) is 3. The van der Waals surface area contributed by atoms with Gasteiger partial charge in [0, 0.05) is 26.7 Å². The van der Waals surface area contributed by atoms with E-state index in [2.05, 4.69) is 16.1 Å². The molecular formula is C11H19N3O. The van der Waals surface area contributed by atoms with Crippen molar-refractivity contribution in [3.63, 3.8) is 0 Å². The van der Waals surface area contributed by atoms with E-state index in [0.29, 0.717) is 0 Å². The summed E-state index contributed by atoms with van der Waals surface area (Å²) in [6, 6.07) is 2.10. The molecule has 0 aliphatic carbocycles. The first-order valence-electron chi connectivity index (χ1n) is 5.47. The first kappa shape index (κ1) is 10.6. The molecule has 0 amide bonds. The molecule has 0 saturated carbocycles. The van der Waals surface area contributed by atoms with Crippen molar-refractivity contribution >= 4 is 0 Å². The predicted molar refractivity (Wildman–Crippen MR) is 58.5 cm³/mol. The molecule has 0 atom stereocenters. The molecule has 1 aliphatic heterocycles. The Labute approximate surface area is 90.5 Å². The SMILES string of the molecule is CCC1(O)CN(Cc2cc(C)nn2C)C1. The molecule has 0 unspecified atom stereocenters. The highest BCUT2D eigenvalue weighted by Gasteiger charge is 2.39. The molecule has 1 N–H and O–H groups in total. The smallest absolute Gasteiger partial charge is 0.0897 e. The Bertz CT molecular complexity index is 353. The van der Waals surface area contributed by atoms with Crippen LogP contribution < -0.4 is 0 Å². The number of aryl methyl sites for hydroxylation is 2. The zero-order valence-electron chi connectivity index (χ0n) is 9.69. The molecule has 0 spiro atoms. The Hall–Kier alpha value is -0.870. The summed E-state index contributed by atoms with van der Waals surface area (Å²) >= 11 is 0. The first-order chi connectivity index (χ1) is 7.02. The second-order valence-corrected chi connectivity index (χ2v) is 4.62. The fourth-order valence-corrected chi connectivity index (χ4v) is 2.16. The molecule has 1 aromatic rings. The van der Waals surface area contributed by atoms with E-state index in [1.165, 1.54) is 5.69 Å². The number of β-amino-alcohol motifs (C(OH)–C–C–N with tert-alkyl or cyclic N) is 1. The van der Waals surface area contributed by atoms with Crippen LogP contribution in [0.5, 0.6) is 0 Å². The Kier molecular flexibility index (Phi) is 2.56. The van der Waals surface area contributed by atoms with E-state index >= 15 is 0 Å². The summed E-state index contributed by atoms with van der Waals surface area (Å²) in [6.07, 6.45) is 0.841. The first-order valence-corrected chi connectivity index (χ1v) is 5.47. The molecule has 2 rings (SSSR count). The molecule has 0 radical (unpaired) electrons. The average Bonchev–Trinajstić information content (AvgIpc) is 2.42. The van der Waals surface area contributed by atoms with E-state index in [1.54, 1.807) is 0 Å². The number of hydrogen-bond acceptors (Lipinski definition) is 3. The van der Waals surface area contributed by atoms with Gasteiger partial charge in [-0.05, 0) is 19.4 Å². The zero-order chi connectivity index (χ0) is 11.1. The summed E-state index contributed by atoms with van der Waals surface area (Å²) in [4.78, 5) is 2.25.